The average molecular weight is 253 g/mol. The number of nitrogens with zero attached hydrogens (tertiary/aromatic N) is 2. The number of hydrogen-bond acceptors (Lipinski definition) is 4. The minimum Gasteiger partial charge on any atom is -0.469 e. The van der Waals surface area contributed by atoms with Crippen molar-refractivity contribution in [3.8, 4) is 0 Å². The summed E-state index contributed by atoms with van der Waals surface area (Å²) in [6.45, 7) is 9.07. The lowest BCUT2D eigenvalue weighted by molar-refractivity contribution is -0.150. The number of carbonyl (C=O) groups excluding carboxylic acids is 1. The highest BCUT2D eigenvalue weighted by Gasteiger charge is 2.28. The van der Waals surface area contributed by atoms with Crippen LogP contribution in [0.25, 0.3) is 0 Å². The molecule has 0 aliphatic carbocycles. The minimum absolute atomic E-state index is 0.199. The molecule has 1 aromatic heterocycles. The highest BCUT2D eigenvalue weighted by atomic mass is 16.5. The van der Waals surface area contributed by atoms with Crippen molar-refractivity contribution in [3.63, 3.8) is 0 Å². The predicted octanol–water partition coefficient (Wildman–Crippen LogP) is 1.33. The van der Waals surface area contributed by atoms with Crippen molar-refractivity contribution >= 4 is 5.97 Å². The lowest BCUT2D eigenvalue weighted by Gasteiger charge is -2.21. The van der Waals surface area contributed by atoms with Gasteiger partial charge in [-0.05, 0) is 27.7 Å². The van der Waals surface area contributed by atoms with Gasteiger partial charge in [-0.25, -0.2) is 0 Å². The summed E-state index contributed by atoms with van der Waals surface area (Å²) in [5.41, 5.74) is 2.85. The SMILES string of the molecule is COC(=O)C(C)(C)CNCc1c(C)nn(C)c1C. The molecule has 5 nitrogen and oxygen atoms in total. The third-order valence-corrected chi connectivity index (χ3v) is 3.27. The molecule has 0 amide bonds. The number of rotatable bonds is 5. The van der Waals surface area contributed by atoms with Gasteiger partial charge in [0, 0.05) is 31.4 Å². The van der Waals surface area contributed by atoms with E-state index in [9.17, 15) is 4.79 Å². The largest absolute Gasteiger partial charge is 0.469 e. The summed E-state index contributed by atoms with van der Waals surface area (Å²) < 4.78 is 6.65. The maximum Gasteiger partial charge on any atom is 0.312 e. The van der Waals surface area contributed by atoms with Crippen molar-refractivity contribution in [2.45, 2.75) is 34.2 Å². The normalized spacial score (nSPS) is 11.7. The summed E-state index contributed by atoms with van der Waals surface area (Å²) in [6, 6.07) is 0. The molecule has 1 heterocycles. The molecule has 0 unspecified atom stereocenters. The van der Waals surface area contributed by atoms with Crippen LogP contribution in [0.4, 0.5) is 0 Å². The zero-order chi connectivity index (χ0) is 13.9. The van der Waals surface area contributed by atoms with Crippen LogP contribution < -0.4 is 5.32 Å². The predicted molar refractivity (Wildman–Crippen MR) is 70.2 cm³/mol. The molecule has 0 aliphatic heterocycles. The number of methoxy groups -OCH3 is 1. The number of ether oxygens (including phenoxy) is 1. The van der Waals surface area contributed by atoms with Crippen molar-refractivity contribution in [1.29, 1.82) is 0 Å². The van der Waals surface area contributed by atoms with Crippen LogP contribution in [0.5, 0.6) is 0 Å². The maximum atomic E-state index is 11.5. The van der Waals surface area contributed by atoms with Crippen molar-refractivity contribution in [2.24, 2.45) is 12.5 Å². The Morgan fingerprint density at radius 3 is 2.50 bits per heavy atom. The lowest BCUT2D eigenvalue weighted by Crippen LogP contribution is -2.36. The fourth-order valence-corrected chi connectivity index (χ4v) is 1.92. The first-order valence-electron chi connectivity index (χ1n) is 6.08. The van der Waals surface area contributed by atoms with Gasteiger partial charge in [-0.15, -0.1) is 0 Å². The number of esters is 1. The molecule has 102 valence electrons. The Hall–Kier alpha value is -1.36. The van der Waals surface area contributed by atoms with E-state index in [1.807, 2.05) is 39.4 Å². The van der Waals surface area contributed by atoms with Gasteiger partial charge in [-0.1, -0.05) is 0 Å². The van der Waals surface area contributed by atoms with Gasteiger partial charge in [0.25, 0.3) is 0 Å². The van der Waals surface area contributed by atoms with Gasteiger partial charge < -0.3 is 10.1 Å². The second-order valence-electron chi connectivity index (χ2n) is 5.25. The van der Waals surface area contributed by atoms with Crippen LogP contribution in [-0.4, -0.2) is 29.4 Å². The third kappa shape index (κ3) is 3.10. The molecule has 1 rings (SSSR count). The van der Waals surface area contributed by atoms with E-state index in [2.05, 4.69) is 10.4 Å². The highest BCUT2D eigenvalue weighted by molar-refractivity contribution is 5.76. The second kappa shape index (κ2) is 5.52. The quantitative estimate of drug-likeness (QED) is 0.804. The molecular weight excluding hydrogens is 230 g/mol. The van der Waals surface area contributed by atoms with E-state index in [1.54, 1.807) is 0 Å². The molecule has 0 saturated carbocycles. The van der Waals surface area contributed by atoms with Crippen LogP contribution >= 0.6 is 0 Å². The van der Waals surface area contributed by atoms with Gasteiger partial charge in [-0.3, -0.25) is 9.48 Å². The van der Waals surface area contributed by atoms with E-state index >= 15 is 0 Å². The minimum atomic E-state index is -0.515. The third-order valence-electron chi connectivity index (χ3n) is 3.27. The fourth-order valence-electron chi connectivity index (χ4n) is 1.92. The molecule has 0 aromatic carbocycles. The standard InChI is InChI=1S/C13H23N3O2/c1-9-11(10(2)16(5)15-9)7-14-8-13(3,4)12(17)18-6/h14H,7-8H2,1-6H3. The smallest absolute Gasteiger partial charge is 0.312 e. The number of carbonyl (C=O) groups is 1. The molecule has 5 heteroatoms. The molecule has 0 fully saturated rings. The monoisotopic (exact) mass is 253 g/mol. The van der Waals surface area contributed by atoms with E-state index in [0.29, 0.717) is 13.1 Å². The van der Waals surface area contributed by atoms with Crippen molar-refractivity contribution in [3.05, 3.63) is 17.0 Å². The number of aryl methyl sites for hydroxylation is 2. The Bertz CT molecular complexity index is 436. The zero-order valence-corrected chi connectivity index (χ0v) is 12.1. The summed E-state index contributed by atoms with van der Waals surface area (Å²) in [5.74, 6) is -0.199. The molecule has 0 bridgehead atoms. The molecule has 0 radical (unpaired) electrons. The van der Waals surface area contributed by atoms with Gasteiger partial charge in [-0.2, -0.15) is 5.10 Å². The van der Waals surface area contributed by atoms with Crippen LogP contribution in [0, 0.1) is 19.3 Å². The lowest BCUT2D eigenvalue weighted by atomic mass is 9.93. The van der Waals surface area contributed by atoms with Crippen molar-refractivity contribution in [1.82, 2.24) is 15.1 Å². The molecule has 0 spiro atoms. The van der Waals surface area contributed by atoms with Crippen LogP contribution in [0.15, 0.2) is 0 Å². The Morgan fingerprint density at radius 2 is 2.06 bits per heavy atom. The second-order valence-corrected chi connectivity index (χ2v) is 5.25. The van der Waals surface area contributed by atoms with Crippen molar-refractivity contribution in [2.75, 3.05) is 13.7 Å². The molecular formula is C13H23N3O2. The number of aromatic nitrogens is 2. The van der Waals surface area contributed by atoms with Crippen molar-refractivity contribution < 1.29 is 9.53 Å². The van der Waals surface area contributed by atoms with Crippen LogP contribution in [-0.2, 0) is 23.1 Å². The van der Waals surface area contributed by atoms with E-state index in [4.69, 9.17) is 4.74 Å². The summed E-state index contributed by atoms with van der Waals surface area (Å²) in [4.78, 5) is 11.5. The molecule has 18 heavy (non-hydrogen) atoms. The highest BCUT2D eigenvalue weighted by Crippen LogP contribution is 2.17. The molecule has 0 saturated heterocycles. The Morgan fingerprint density at radius 1 is 1.44 bits per heavy atom. The van der Waals surface area contributed by atoms with E-state index in [0.717, 1.165) is 11.4 Å². The molecule has 0 aliphatic rings. The Kier molecular flexibility index (Phi) is 4.51. The van der Waals surface area contributed by atoms with Crippen LogP contribution in [0.2, 0.25) is 0 Å². The van der Waals surface area contributed by atoms with Gasteiger partial charge in [0.1, 0.15) is 0 Å². The summed E-state index contributed by atoms with van der Waals surface area (Å²) in [7, 11) is 3.35. The molecule has 0 atom stereocenters. The fraction of sp³-hybridized carbons (Fsp3) is 0.692. The topological polar surface area (TPSA) is 56.1 Å². The summed E-state index contributed by atoms with van der Waals surface area (Å²) >= 11 is 0. The summed E-state index contributed by atoms with van der Waals surface area (Å²) in [5, 5.41) is 7.66. The first-order chi connectivity index (χ1) is 8.29. The number of hydrogen-bond donors (Lipinski definition) is 1. The van der Waals surface area contributed by atoms with E-state index in [1.165, 1.54) is 12.7 Å². The first-order valence-corrected chi connectivity index (χ1v) is 6.08. The van der Waals surface area contributed by atoms with Gasteiger partial charge in [0.2, 0.25) is 0 Å². The van der Waals surface area contributed by atoms with Gasteiger partial charge in [0.15, 0.2) is 0 Å². The number of nitrogens with one attached hydrogen (secondary N) is 1. The zero-order valence-electron chi connectivity index (χ0n) is 12.1. The van der Waals surface area contributed by atoms with E-state index in [-0.39, 0.29) is 5.97 Å². The molecule has 1 aromatic rings. The van der Waals surface area contributed by atoms with Gasteiger partial charge in [0.05, 0.1) is 18.2 Å². The van der Waals surface area contributed by atoms with Gasteiger partial charge >= 0.3 is 5.97 Å². The van der Waals surface area contributed by atoms with E-state index < -0.39 is 5.41 Å². The molecule has 1 N–H and O–H groups in total. The first kappa shape index (κ1) is 14.7. The van der Waals surface area contributed by atoms with Crippen LogP contribution in [0.1, 0.15) is 30.8 Å². The average Bonchev–Trinajstić information content (AvgIpc) is 2.54. The Balaban J connectivity index is 2.59. The van der Waals surface area contributed by atoms with Crippen LogP contribution in [0.3, 0.4) is 0 Å². The summed E-state index contributed by atoms with van der Waals surface area (Å²) in [6.07, 6.45) is 0. The maximum absolute atomic E-state index is 11.5. The Labute approximate surface area is 109 Å².